The van der Waals surface area contributed by atoms with Gasteiger partial charge in [-0.2, -0.15) is 0 Å². The highest BCUT2D eigenvalue weighted by Crippen LogP contribution is 2.38. The molecule has 0 amide bonds. The van der Waals surface area contributed by atoms with Crippen molar-refractivity contribution in [3.05, 3.63) is 0 Å². The third-order valence-corrected chi connectivity index (χ3v) is 5.63. The minimum absolute atomic E-state index is 0.503. The van der Waals surface area contributed by atoms with Crippen LogP contribution in [0.2, 0.25) is 0 Å². The fraction of sp³-hybridized carbons (Fsp3) is 1.00. The van der Waals surface area contributed by atoms with E-state index >= 15 is 0 Å². The highest BCUT2D eigenvalue weighted by atomic mass is 14.7. The molecule has 2 rings (SSSR count). The van der Waals surface area contributed by atoms with Gasteiger partial charge in [-0.3, -0.25) is 0 Å². The Morgan fingerprint density at radius 1 is 0.765 bits per heavy atom. The van der Waals surface area contributed by atoms with Crippen molar-refractivity contribution in [2.45, 2.75) is 77.7 Å². The van der Waals surface area contributed by atoms with Crippen molar-refractivity contribution >= 4 is 0 Å². The minimum atomic E-state index is 0.503. The summed E-state index contributed by atoms with van der Waals surface area (Å²) in [5.74, 6) is 3.48. The van der Waals surface area contributed by atoms with Gasteiger partial charge in [-0.25, -0.2) is 0 Å². The fourth-order valence-corrected chi connectivity index (χ4v) is 4.02. The first-order valence-corrected chi connectivity index (χ1v) is 7.94. The maximum atomic E-state index is 6.60. The molecular weight excluding hydrogens is 206 g/mol. The Balaban J connectivity index is 1.87. The summed E-state index contributed by atoms with van der Waals surface area (Å²) in [4.78, 5) is 0. The molecule has 0 spiro atoms. The molecule has 4 atom stereocenters. The zero-order valence-electron chi connectivity index (χ0n) is 11.8. The van der Waals surface area contributed by atoms with Gasteiger partial charge in [0, 0.05) is 6.04 Å². The molecular formula is C16H31N. The molecule has 0 aromatic carbocycles. The van der Waals surface area contributed by atoms with Gasteiger partial charge in [-0.1, -0.05) is 46.0 Å². The fourth-order valence-electron chi connectivity index (χ4n) is 4.02. The molecule has 2 saturated carbocycles. The first-order valence-electron chi connectivity index (χ1n) is 7.94. The van der Waals surface area contributed by atoms with Gasteiger partial charge in [0.2, 0.25) is 0 Å². The van der Waals surface area contributed by atoms with Gasteiger partial charge in [0.05, 0.1) is 0 Å². The Kier molecular flexibility index (Phi) is 4.90. The average molecular weight is 237 g/mol. The molecule has 100 valence electrons. The topological polar surface area (TPSA) is 26.0 Å². The minimum Gasteiger partial charge on any atom is -0.327 e. The van der Waals surface area contributed by atoms with Crippen molar-refractivity contribution in [2.75, 3.05) is 0 Å². The van der Waals surface area contributed by atoms with Crippen molar-refractivity contribution in [1.82, 2.24) is 0 Å². The SMILES string of the molecule is CC1CCC(C(N)C2CCCCCC2)CC1C. The van der Waals surface area contributed by atoms with Crippen LogP contribution in [-0.4, -0.2) is 6.04 Å². The summed E-state index contributed by atoms with van der Waals surface area (Å²) in [5, 5.41) is 0. The second-order valence-corrected chi connectivity index (χ2v) is 6.86. The third kappa shape index (κ3) is 3.47. The van der Waals surface area contributed by atoms with Crippen LogP contribution in [0.25, 0.3) is 0 Å². The van der Waals surface area contributed by atoms with E-state index in [-0.39, 0.29) is 0 Å². The van der Waals surface area contributed by atoms with Crippen LogP contribution in [0.1, 0.15) is 71.6 Å². The molecule has 0 aromatic rings. The Bertz CT molecular complexity index is 218. The lowest BCUT2D eigenvalue weighted by atomic mass is 9.70. The zero-order chi connectivity index (χ0) is 12.3. The van der Waals surface area contributed by atoms with Crippen LogP contribution >= 0.6 is 0 Å². The van der Waals surface area contributed by atoms with Crippen LogP contribution in [-0.2, 0) is 0 Å². The van der Waals surface area contributed by atoms with Crippen LogP contribution in [0.3, 0.4) is 0 Å². The quantitative estimate of drug-likeness (QED) is 0.710. The van der Waals surface area contributed by atoms with Crippen LogP contribution < -0.4 is 5.73 Å². The second-order valence-electron chi connectivity index (χ2n) is 6.86. The van der Waals surface area contributed by atoms with Crippen LogP contribution in [0, 0.1) is 23.7 Å². The Labute approximate surface area is 108 Å². The lowest BCUT2D eigenvalue weighted by Gasteiger charge is -2.38. The Morgan fingerprint density at radius 2 is 1.41 bits per heavy atom. The molecule has 1 nitrogen and oxygen atoms in total. The molecule has 2 N–H and O–H groups in total. The Hall–Kier alpha value is -0.0400. The van der Waals surface area contributed by atoms with E-state index in [0.29, 0.717) is 6.04 Å². The van der Waals surface area contributed by atoms with E-state index in [0.717, 1.165) is 23.7 Å². The molecule has 2 aliphatic carbocycles. The van der Waals surface area contributed by atoms with Gasteiger partial charge in [-0.05, 0) is 49.4 Å². The molecule has 0 radical (unpaired) electrons. The number of rotatable bonds is 2. The van der Waals surface area contributed by atoms with Crippen molar-refractivity contribution in [3.8, 4) is 0 Å². The first-order chi connectivity index (χ1) is 8.18. The monoisotopic (exact) mass is 237 g/mol. The zero-order valence-corrected chi connectivity index (χ0v) is 11.8. The molecule has 0 aliphatic heterocycles. The lowest BCUT2D eigenvalue weighted by molar-refractivity contribution is 0.154. The summed E-state index contributed by atoms with van der Waals surface area (Å²) in [6, 6.07) is 0.503. The van der Waals surface area contributed by atoms with Gasteiger partial charge in [0.25, 0.3) is 0 Å². The smallest absolute Gasteiger partial charge is 0.00957 e. The van der Waals surface area contributed by atoms with E-state index in [4.69, 9.17) is 5.73 Å². The summed E-state index contributed by atoms with van der Waals surface area (Å²) >= 11 is 0. The summed E-state index contributed by atoms with van der Waals surface area (Å²) in [6.07, 6.45) is 12.7. The van der Waals surface area contributed by atoms with Gasteiger partial charge < -0.3 is 5.73 Å². The lowest BCUT2D eigenvalue weighted by Crippen LogP contribution is -2.40. The molecule has 4 unspecified atom stereocenters. The number of hydrogen-bond donors (Lipinski definition) is 1. The third-order valence-electron chi connectivity index (χ3n) is 5.63. The molecule has 2 aliphatic rings. The summed E-state index contributed by atoms with van der Waals surface area (Å²) in [7, 11) is 0. The normalized spacial score (nSPS) is 38.6. The van der Waals surface area contributed by atoms with Gasteiger partial charge >= 0.3 is 0 Å². The molecule has 0 saturated heterocycles. The molecule has 0 aromatic heterocycles. The predicted molar refractivity (Wildman–Crippen MR) is 74.8 cm³/mol. The van der Waals surface area contributed by atoms with Crippen LogP contribution in [0.4, 0.5) is 0 Å². The van der Waals surface area contributed by atoms with Crippen molar-refractivity contribution in [3.63, 3.8) is 0 Å². The van der Waals surface area contributed by atoms with E-state index in [9.17, 15) is 0 Å². The summed E-state index contributed by atoms with van der Waals surface area (Å²) in [5.41, 5.74) is 6.60. The molecule has 1 heteroatoms. The van der Waals surface area contributed by atoms with Crippen LogP contribution in [0.15, 0.2) is 0 Å². The van der Waals surface area contributed by atoms with E-state index < -0.39 is 0 Å². The molecule has 0 heterocycles. The highest BCUT2D eigenvalue weighted by molar-refractivity contribution is 4.86. The highest BCUT2D eigenvalue weighted by Gasteiger charge is 2.32. The molecule has 17 heavy (non-hydrogen) atoms. The Morgan fingerprint density at radius 3 is 2.00 bits per heavy atom. The summed E-state index contributed by atoms with van der Waals surface area (Å²) in [6.45, 7) is 4.84. The van der Waals surface area contributed by atoms with Crippen LogP contribution in [0.5, 0.6) is 0 Å². The molecule has 0 bridgehead atoms. The predicted octanol–water partition coefficient (Wildman–Crippen LogP) is 4.36. The molecule has 2 fully saturated rings. The summed E-state index contributed by atoms with van der Waals surface area (Å²) < 4.78 is 0. The van der Waals surface area contributed by atoms with E-state index in [1.807, 2.05) is 0 Å². The standard InChI is InChI=1S/C16H31N/c1-12-9-10-15(11-13(12)2)16(17)14-7-5-3-4-6-8-14/h12-16H,3-11,17H2,1-2H3. The van der Waals surface area contributed by atoms with Gasteiger partial charge in [-0.15, -0.1) is 0 Å². The van der Waals surface area contributed by atoms with E-state index in [2.05, 4.69) is 13.8 Å². The van der Waals surface area contributed by atoms with E-state index in [1.165, 1.54) is 57.8 Å². The van der Waals surface area contributed by atoms with Gasteiger partial charge in [0.1, 0.15) is 0 Å². The van der Waals surface area contributed by atoms with Crippen molar-refractivity contribution in [2.24, 2.45) is 29.4 Å². The average Bonchev–Trinajstić information content (AvgIpc) is 2.60. The van der Waals surface area contributed by atoms with Crippen molar-refractivity contribution < 1.29 is 0 Å². The van der Waals surface area contributed by atoms with Crippen molar-refractivity contribution in [1.29, 1.82) is 0 Å². The largest absolute Gasteiger partial charge is 0.327 e. The number of nitrogens with two attached hydrogens (primary N) is 1. The second kappa shape index (κ2) is 6.22. The maximum Gasteiger partial charge on any atom is 0.00957 e. The van der Waals surface area contributed by atoms with E-state index in [1.54, 1.807) is 0 Å². The number of hydrogen-bond acceptors (Lipinski definition) is 1. The first kappa shape index (κ1) is 13.4. The van der Waals surface area contributed by atoms with Gasteiger partial charge in [0.15, 0.2) is 0 Å². The maximum absolute atomic E-state index is 6.60.